The van der Waals surface area contributed by atoms with E-state index in [0.29, 0.717) is 12.5 Å². The highest BCUT2D eigenvalue weighted by Crippen LogP contribution is 2.12. The molecule has 0 aliphatic carbocycles. The number of ether oxygens (including phenoxy) is 1. The van der Waals surface area contributed by atoms with E-state index in [2.05, 4.69) is 13.8 Å². The van der Waals surface area contributed by atoms with Crippen molar-refractivity contribution in [3.8, 4) is 0 Å². The maximum Gasteiger partial charge on any atom is 0.306 e. The predicted octanol–water partition coefficient (Wildman–Crippen LogP) is 7.30. The number of hydrogen-bond acceptors (Lipinski definition) is 3. The molecule has 0 saturated carbocycles. The van der Waals surface area contributed by atoms with Crippen molar-refractivity contribution >= 4 is 11.9 Å². The number of hydrogen-bond donors (Lipinski definition) is 0. The minimum Gasteiger partial charge on any atom is -0.465 e. The Kier molecular flexibility index (Phi) is 20.4. The second kappa shape index (κ2) is 21.2. The van der Waals surface area contributed by atoms with Gasteiger partial charge in [0, 0.05) is 19.5 Å². The van der Waals surface area contributed by atoms with E-state index in [1.807, 2.05) is 18.7 Å². The SMILES string of the molecule is CCCCCCCCCN(CCCCCCCCC)C(=O)CCC(=O)OCC(C)C. The number of amides is 1. The summed E-state index contributed by atoms with van der Waals surface area (Å²) >= 11 is 0. The highest BCUT2D eigenvalue weighted by atomic mass is 16.5. The van der Waals surface area contributed by atoms with Crippen LogP contribution in [0.3, 0.4) is 0 Å². The Morgan fingerprint density at radius 2 is 1.10 bits per heavy atom. The average Bonchev–Trinajstić information content (AvgIpc) is 2.73. The lowest BCUT2D eigenvalue weighted by Crippen LogP contribution is -2.33. The van der Waals surface area contributed by atoms with Crippen LogP contribution in [0.4, 0.5) is 0 Å². The first-order chi connectivity index (χ1) is 14.5. The van der Waals surface area contributed by atoms with Crippen LogP contribution in [-0.2, 0) is 14.3 Å². The Labute approximate surface area is 187 Å². The number of unbranched alkanes of at least 4 members (excludes halogenated alkanes) is 12. The number of esters is 1. The molecule has 0 rings (SSSR count). The molecule has 1 amide bonds. The molecule has 0 atom stereocenters. The van der Waals surface area contributed by atoms with Gasteiger partial charge in [-0.15, -0.1) is 0 Å². The van der Waals surface area contributed by atoms with Crippen molar-refractivity contribution in [1.29, 1.82) is 0 Å². The molecule has 0 aromatic carbocycles. The van der Waals surface area contributed by atoms with E-state index in [9.17, 15) is 9.59 Å². The molecule has 4 heteroatoms. The summed E-state index contributed by atoms with van der Waals surface area (Å²) in [6.07, 6.45) is 18.0. The summed E-state index contributed by atoms with van der Waals surface area (Å²) in [4.78, 5) is 26.6. The monoisotopic (exact) mass is 425 g/mol. The maximum absolute atomic E-state index is 12.7. The molecule has 178 valence electrons. The lowest BCUT2D eigenvalue weighted by atomic mass is 10.1. The van der Waals surface area contributed by atoms with Gasteiger partial charge >= 0.3 is 5.97 Å². The van der Waals surface area contributed by atoms with Crippen LogP contribution in [0.2, 0.25) is 0 Å². The molecule has 0 heterocycles. The first-order valence-electron chi connectivity index (χ1n) is 12.9. The summed E-state index contributed by atoms with van der Waals surface area (Å²) < 4.78 is 5.21. The summed E-state index contributed by atoms with van der Waals surface area (Å²) in [5.74, 6) is 0.202. The Balaban J connectivity index is 4.22. The number of nitrogens with zero attached hydrogens (tertiary/aromatic N) is 1. The molecule has 4 nitrogen and oxygen atoms in total. The molecule has 0 fully saturated rings. The van der Waals surface area contributed by atoms with Crippen molar-refractivity contribution in [1.82, 2.24) is 4.90 Å². The quantitative estimate of drug-likeness (QED) is 0.143. The third-order valence-corrected chi connectivity index (χ3v) is 5.54. The lowest BCUT2D eigenvalue weighted by molar-refractivity contribution is -0.147. The zero-order chi connectivity index (χ0) is 22.5. The minimum atomic E-state index is -0.246. The van der Waals surface area contributed by atoms with Gasteiger partial charge in [-0.1, -0.05) is 105 Å². The Hall–Kier alpha value is -1.06. The largest absolute Gasteiger partial charge is 0.465 e. The summed E-state index contributed by atoms with van der Waals surface area (Å²) in [5.41, 5.74) is 0. The molecule has 0 saturated heterocycles. The zero-order valence-electron chi connectivity index (χ0n) is 20.7. The first kappa shape index (κ1) is 28.9. The standard InChI is InChI=1S/C26H51NO3/c1-5-7-9-11-13-15-17-21-27(22-18-16-14-12-10-8-6-2)25(28)19-20-26(29)30-23-24(3)4/h24H,5-23H2,1-4H3. The average molecular weight is 426 g/mol. The van der Waals surface area contributed by atoms with Gasteiger partial charge < -0.3 is 9.64 Å². The number of carbonyl (C=O) groups is 2. The van der Waals surface area contributed by atoms with Crippen molar-refractivity contribution in [2.24, 2.45) is 5.92 Å². The molecular formula is C26H51NO3. The zero-order valence-corrected chi connectivity index (χ0v) is 20.7. The van der Waals surface area contributed by atoms with Crippen LogP contribution in [0.1, 0.15) is 130 Å². The second-order valence-corrected chi connectivity index (χ2v) is 9.20. The molecule has 0 N–H and O–H groups in total. The van der Waals surface area contributed by atoms with E-state index in [1.165, 1.54) is 77.0 Å². The predicted molar refractivity (Wildman–Crippen MR) is 128 cm³/mol. The second-order valence-electron chi connectivity index (χ2n) is 9.20. The molecule has 0 aliphatic heterocycles. The van der Waals surface area contributed by atoms with Crippen LogP contribution in [-0.4, -0.2) is 36.5 Å². The molecule has 0 aromatic rings. The van der Waals surface area contributed by atoms with E-state index >= 15 is 0 Å². The van der Waals surface area contributed by atoms with E-state index in [4.69, 9.17) is 4.74 Å². The third-order valence-electron chi connectivity index (χ3n) is 5.54. The van der Waals surface area contributed by atoms with Gasteiger partial charge in [0.2, 0.25) is 5.91 Å². The molecule has 0 aliphatic rings. The van der Waals surface area contributed by atoms with Crippen LogP contribution >= 0.6 is 0 Å². The van der Waals surface area contributed by atoms with Gasteiger partial charge in [0.1, 0.15) is 0 Å². The van der Waals surface area contributed by atoms with Gasteiger partial charge in [-0.25, -0.2) is 0 Å². The van der Waals surface area contributed by atoms with Gasteiger partial charge in [0.15, 0.2) is 0 Å². The molecule has 0 bridgehead atoms. The topological polar surface area (TPSA) is 46.6 Å². The van der Waals surface area contributed by atoms with Crippen molar-refractivity contribution < 1.29 is 14.3 Å². The van der Waals surface area contributed by atoms with Gasteiger partial charge in [-0.05, 0) is 18.8 Å². The van der Waals surface area contributed by atoms with Crippen LogP contribution in [0.25, 0.3) is 0 Å². The first-order valence-corrected chi connectivity index (χ1v) is 12.9. The minimum absolute atomic E-state index is 0.119. The summed E-state index contributed by atoms with van der Waals surface area (Å²) in [6, 6.07) is 0. The number of rotatable bonds is 21. The Morgan fingerprint density at radius 1 is 0.667 bits per heavy atom. The van der Waals surface area contributed by atoms with E-state index in [0.717, 1.165) is 25.9 Å². The fourth-order valence-corrected chi connectivity index (χ4v) is 3.58. The van der Waals surface area contributed by atoms with Crippen molar-refractivity contribution in [3.63, 3.8) is 0 Å². The van der Waals surface area contributed by atoms with E-state index < -0.39 is 0 Å². The van der Waals surface area contributed by atoms with E-state index in [1.54, 1.807) is 0 Å². The Morgan fingerprint density at radius 3 is 1.53 bits per heavy atom. The van der Waals surface area contributed by atoms with E-state index in [-0.39, 0.29) is 24.7 Å². The summed E-state index contributed by atoms with van der Waals surface area (Å²) in [6.45, 7) is 10.6. The van der Waals surface area contributed by atoms with Crippen molar-refractivity contribution in [2.75, 3.05) is 19.7 Å². The normalized spacial score (nSPS) is 11.1. The van der Waals surface area contributed by atoms with Crippen LogP contribution in [0.5, 0.6) is 0 Å². The molecule has 0 spiro atoms. The molecule has 0 aromatic heterocycles. The molecule has 0 radical (unpaired) electrons. The van der Waals surface area contributed by atoms with Gasteiger partial charge in [-0.2, -0.15) is 0 Å². The number of carbonyl (C=O) groups excluding carboxylic acids is 2. The fourth-order valence-electron chi connectivity index (χ4n) is 3.58. The van der Waals surface area contributed by atoms with Crippen molar-refractivity contribution in [2.45, 2.75) is 130 Å². The molecular weight excluding hydrogens is 374 g/mol. The van der Waals surface area contributed by atoms with Crippen LogP contribution in [0.15, 0.2) is 0 Å². The third kappa shape index (κ3) is 18.9. The maximum atomic E-state index is 12.7. The smallest absolute Gasteiger partial charge is 0.306 e. The van der Waals surface area contributed by atoms with Gasteiger partial charge in [0.25, 0.3) is 0 Å². The van der Waals surface area contributed by atoms with Crippen LogP contribution < -0.4 is 0 Å². The van der Waals surface area contributed by atoms with Crippen LogP contribution in [0, 0.1) is 5.92 Å². The van der Waals surface area contributed by atoms with Gasteiger partial charge in [-0.3, -0.25) is 9.59 Å². The molecule has 0 unspecified atom stereocenters. The summed E-state index contributed by atoms with van der Waals surface area (Å²) in [7, 11) is 0. The lowest BCUT2D eigenvalue weighted by Gasteiger charge is -2.23. The Bertz CT molecular complexity index is 391. The van der Waals surface area contributed by atoms with Crippen molar-refractivity contribution in [3.05, 3.63) is 0 Å². The summed E-state index contributed by atoms with van der Waals surface area (Å²) in [5, 5.41) is 0. The fraction of sp³-hybridized carbons (Fsp3) is 0.923. The molecule has 30 heavy (non-hydrogen) atoms. The highest BCUT2D eigenvalue weighted by molar-refractivity contribution is 5.81. The highest BCUT2D eigenvalue weighted by Gasteiger charge is 2.15. The van der Waals surface area contributed by atoms with Gasteiger partial charge in [0.05, 0.1) is 13.0 Å².